The van der Waals surface area contributed by atoms with E-state index in [2.05, 4.69) is 15.0 Å². The molecular formula is C15H11ClFN3. The first-order valence-corrected chi connectivity index (χ1v) is 6.60. The van der Waals surface area contributed by atoms with Crippen molar-refractivity contribution in [3.05, 3.63) is 59.5 Å². The zero-order chi connectivity index (χ0) is 13.9. The molecule has 20 heavy (non-hydrogen) atoms. The third-order valence-electron chi connectivity index (χ3n) is 3.16. The fourth-order valence-corrected chi connectivity index (χ4v) is 2.29. The summed E-state index contributed by atoms with van der Waals surface area (Å²) in [4.78, 5) is 12.3. The molecule has 0 amide bonds. The highest BCUT2D eigenvalue weighted by atomic mass is 35.5. The van der Waals surface area contributed by atoms with Crippen molar-refractivity contribution in [1.29, 1.82) is 0 Å². The van der Waals surface area contributed by atoms with E-state index in [4.69, 9.17) is 11.6 Å². The van der Waals surface area contributed by atoms with Gasteiger partial charge in [-0.05, 0) is 41.8 Å². The topological polar surface area (TPSA) is 38.7 Å². The Morgan fingerprint density at radius 2 is 1.90 bits per heavy atom. The second-order valence-electron chi connectivity index (χ2n) is 4.44. The first kappa shape index (κ1) is 12.9. The molecule has 3 rings (SSSR count). The van der Waals surface area contributed by atoms with E-state index in [0.29, 0.717) is 12.8 Å². The number of nitrogens with zero attached hydrogens (tertiary/aromatic N) is 3. The van der Waals surface area contributed by atoms with E-state index < -0.39 is 0 Å². The van der Waals surface area contributed by atoms with Gasteiger partial charge in [-0.15, -0.1) is 0 Å². The third-order valence-corrected chi connectivity index (χ3v) is 3.34. The van der Waals surface area contributed by atoms with Crippen molar-refractivity contribution < 1.29 is 4.39 Å². The summed E-state index contributed by atoms with van der Waals surface area (Å²) >= 11 is 5.90. The standard InChI is InChI=1S/C15H11ClFN3/c16-15-19-9-13(10-1-3-12(17)4-2-10)14(20-15)11-5-7-18-8-6-11/h1,3,5-9H,2,4H2. The van der Waals surface area contributed by atoms with Crippen molar-refractivity contribution in [2.45, 2.75) is 12.8 Å². The van der Waals surface area contributed by atoms with Crippen LogP contribution in [0, 0.1) is 0 Å². The molecule has 5 heteroatoms. The summed E-state index contributed by atoms with van der Waals surface area (Å²) in [6.45, 7) is 0. The highest BCUT2D eigenvalue weighted by Crippen LogP contribution is 2.33. The molecule has 0 bridgehead atoms. The number of hydrogen-bond donors (Lipinski definition) is 0. The van der Waals surface area contributed by atoms with Gasteiger partial charge < -0.3 is 0 Å². The molecule has 2 aromatic heterocycles. The predicted molar refractivity (Wildman–Crippen MR) is 76.7 cm³/mol. The van der Waals surface area contributed by atoms with Crippen LogP contribution in [0.1, 0.15) is 18.4 Å². The zero-order valence-electron chi connectivity index (χ0n) is 10.6. The van der Waals surface area contributed by atoms with Crippen LogP contribution in [0.2, 0.25) is 5.28 Å². The van der Waals surface area contributed by atoms with Crippen LogP contribution in [-0.2, 0) is 0 Å². The molecule has 0 fully saturated rings. The minimum Gasteiger partial charge on any atom is -0.265 e. The molecule has 0 N–H and O–H groups in total. The highest BCUT2D eigenvalue weighted by Gasteiger charge is 2.15. The fraction of sp³-hybridized carbons (Fsp3) is 0.133. The maximum Gasteiger partial charge on any atom is 0.222 e. The van der Waals surface area contributed by atoms with Gasteiger partial charge in [0.05, 0.1) is 5.69 Å². The van der Waals surface area contributed by atoms with Crippen molar-refractivity contribution in [3.63, 3.8) is 0 Å². The molecule has 2 heterocycles. The fourth-order valence-electron chi connectivity index (χ4n) is 2.16. The molecule has 1 aliphatic carbocycles. The van der Waals surface area contributed by atoms with Crippen molar-refractivity contribution in [2.75, 3.05) is 0 Å². The van der Waals surface area contributed by atoms with E-state index in [9.17, 15) is 4.39 Å². The van der Waals surface area contributed by atoms with Crippen molar-refractivity contribution >= 4 is 17.2 Å². The van der Waals surface area contributed by atoms with Crippen molar-refractivity contribution in [2.24, 2.45) is 0 Å². The molecule has 0 aliphatic heterocycles. The largest absolute Gasteiger partial charge is 0.265 e. The monoisotopic (exact) mass is 287 g/mol. The number of hydrogen-bond acceptors (Lipinski definition) is 3. The zero-order valence-corrected chi connectivity index (χ0v) is 11.3. The van der Waals surface area contributed by atoms with E-state index in [-0.39, 0.29) is 11.1 Å². The third kappa shape index (κ3) is 2.60. The SMILES string of the molecule is FC1=CC=C(c2cnc(Cl)nc2-c2ccncc2)CC1. The summed E-state index contributed by atoms with van der Waals surface area (Å²) in [7, 11) is 0. The first-order chi connectivity index (χ1) is 9.74. The highest BCUT2D eigenvalue weighted by molar-refractivity contribution is 6.28. The molecule has 0 saturated heterocycles. The number of aromatic nitrogens is 3. The van der Waals surface area contributed by atoms with Crippen molar-refractivity contribution in [3.8, 4) is 11.3 Å². The van der Waals surface area contributed by atoms with E-state index >= 15 is 0 Å². The Labute approximate surface area is 120 Å². The quantitative estimate of drug-likeness (QED) is 0.776. The van der Waals surface area contributed by atoms with Crippen LogP contribution in [0.5, 0.6) is 0 Å². The second kappa shape index (κ2) is 5.51. The number of halogens is 2. The molecule has 0 saturated carbocycles. The Hall–Kier alpha value is -2.07. The average Bonchev–Trinajstić information content (AvgIpc) is 2.49. The Bertz CT molecular complexity index is 696. The average molecular weight is 288 g/mol. The van der Waals surface area contributed by atoms with Crippen LogP contribution in [0.15, 0.2) is 48.7 Å². The summed E-state index contributed by atoms with van der Waals surface area (Å²) in [5.41, 5.74) is 3.55. The van der Waals surface area contributed by atoms with Gasteiger partial charge in [-0.3, -0.25) is 4.98 Å². The minimum absolute atomic E-state index is 0.103. The molecule has 100 valence electrons. The van der Waals surface area contributed by atoms with Gasteiger partial charge in [-0.1, -0.05) is 6.08 Å². The van der Waals surface area contributed by atoms with Gasteiger partial charge in [-0.25, -0.2) is 14.4 Å². The molecule has 0 aromatic carbocycles. The Balaban J connectivity index is 2.13. The van der Waals surface area contributed by atoms with Gasteiger partial charge in [0.1, 0.15) is 5.83 Å². The van der Waals surface area contributed by atoms with Gasteiger partial charge >= 0.3 is 0 Å². The van der Waals surface area contributed by atoms with E-state index in [1.165, 1.54) is 6.08 Å². The van der Waals surface area contributed by atoms with Gasteiger partial charge in [0.2, 0.25) is 5.28 Å². The van der Waals surface area contributed by atoms with Crippen molar-refractivity contribution in [1.82, 2.24) is 15.0 Å². The molecule has 1 aliphatic rings. The van der Waals surface area contributed by atoms with Gasteiger partial charge in [0.15, 0.2) is 0 Å². The van der Waals surface area contributed by atoms with Gasteiger partial charge in [-0.2, -0.15) is 0 Å². The number of pyridine rings is 1. The number of allylic oxidation sites excluding steroid dienone is 4. The molecule has 0 spiro atoms. The second-order valence-corrected chi connectivity index (χ2v) is 4.78. The van der Waals surface area contributed by atoms with Crippen LogP contribution in [0.3, 0.4) is 0 Å². The molecule has 3 nitrogen and oxygen atoms in total. The minimum atomic E-state index is -0.103. The van der Waals surface area contributed by atoms with Crippen LogP contribution in [0.4, 0.5) is 4.39 Å². The number of rotatable bonds is 2. The maximum absolute atomic E-state index is 13.1. The predicted octanol–water partition coefficient (Wildman–Crippen LogP) is 4.22. The summed E-state index contributed by atoms with van der Waals surface area (Å²) in [5, 5.41) is 0.193. The lowest BCUT2D eigenvalue weighted by Gasteiger charge is -2.14. The molecule has 0 unspecified atom stereocenters. The summed E-state index contributed by atoms with van der Waals surface area (Å²) in [5.74, 6) is -0.103. The lowest BCUT2D eigenvalue weighted by Crippen LogP contribution is -1.98. The lowest BCUT2D eigenvalue weighted by atomic mass is 9.95. The molecule has 0 radical (unpaired) electrons. The molecular weight excluding hydrogens is 277 g/mol. The van der Waals surface area contributed by atoms with Crippen LogP contribution in [0.25, 0.3) is 16.8 Å². The molecule has 2 aromatic rings. The summed E-state index contributed by atoms with van der Waals surface area (Å²) in [6, 6.07) is 3.73. The van der Waals surface area contributed by atoms with Gasteiger partial charge in [0, 0.05) is 36.1 Å². The normalized spacial score (nSPS) is 14.7. The Morgan fingerprint density at radius 3 is 2.60 bits per heavy atom. The summed E-state index contributed by atoms with van der Waals surface area (Å²) < 4.78 is 13.1. The van der Waals surface area contributed by atoms with E-state index in [0.717, 1.165) is 22.4 Å². The Kier molecular flexibility index (Phi) is 3.56. The maximum atomic E-state index is 13.1. The van der Waals surface area contributed by atoms with Crippen LogP contribution >= 0.6 is 11.6 Å². The van der Waals surface area contributed by atoms with E-state index in [1.807, 2.05) is 12.1 Å². The molecule has 0 atom stereocenters. The smallest absolute Gasteiger partial charge is 0.222 e. The summed E-state index contributed by atoms with van der Waals surface area (Å²) in [6.07, 6.45) is 9.39. The van der Waals surface area contributed by atoms with Gasteiger partial charge in [0.25, 0.3) is 0 Å². The Morgan fingerprint density at radius 1 is 1.10 bits per heavy atom. The van der Waals surface area contributed by atoms with Crippen LogP contribution in [-0.4, -0.2) is 15.0 Å². The van der Waals surface area contributed by atoms with E-state index in [1.54, 1.807) is 24.7 Å². The first-order valence-electron chi connectivity index (χ1n) is 6.22. The van der Waals surface area contributed by atoms with Crippen LogP contribution < -0.4 is 0 Å². The lowest BCUT2D eigenvalue weighted by molar-refractivity contribution is 0.590.